The van der Waals surface area contributed by atoms with Crippen molar-refractivity contribution in [1.82, 2.24) is 4.98 Å². The monoisotopic (exact) mass is 279 g/mol. The van der Waals surface area contributed by atoms with Gasteiger partial charge in [0.15, 0.2) is 11.5 Å². The number of benzene rings is 2. The summed E-state index contributed by atoms with van der Waals surface area (Å²) < 4.78 is 5.74. The highest BCUT2D eigenvalue weighted by Gasteiger charge is 2.43. The maximum atomic E-state index is 11.2. The van der Waals surface area contributed by atoms with Gasteiger partial charge in [0.05, 0.1) is 0 Å². The standard InChI is InChI=1S/C17H13NO3/c19-17(20)11-7-4-8-14-15(11)21-16(18-14)13-9-12(13)10-5-2-1-3-6-10/h1-8,12-13H,9H2,(H,19,20). The summed E-state index contributed by atoms with van der Waals surface area (Å²) in [5, 5.41) is 9.19. The van der Waals surface area contributed by atoms with E-state index in [0.29, 0.717) is 22.9 Å². The summed E-state index contributed by atoms with van der Waals surface area (Å²) in [6, 6.07) is 15.3. The molecule has 104 valence electrons. The Bertz CT molecular complexity index is 822. The maximum absolute atomic E-state index is 11.2. The van der Waals surface area contributed by atoms with Crippen molar-refractivity contribution >= 4 is 17.1 Å². The van der Waals surface area contributed by atoms with Gasteiger partial charge in [0.2, 0.25) is 0 Å². The fourth-order valence-electron chi connectivity index (χ4n) is 2.83. The van der Waals surface area contributed by atoms with E-state index in [-0.39, 0.29) is 11.5 Å². The predicted molar refractivity (Wildman–Crippen MR) is 77.5 cm³/mol. The van der Waals surface area contributed by atoms with Crippen molar-refractivity contribution in [2.45, 2.75) is 18.3 Å². The van der Waals surface area contributed by atoms with Crippen molar-refractivity contribution in [3.63, 3.8) is 0 Å². The van der Waals surface area contributed by atoms with E-state index in [1.54, 1.807) is 18.2 Å². The van der Waals surface area contributed by atoms with Crippen molar-refractivity contribution in [2.24, 2.45) is 0 Å². The van der Waals surface area contributed by atoms with Crippen molar-refractivity contribution in [1.29, 1.82) is 0 Å². The molecule has 2 unspecified atom stereocenters. The van der Waals surface area contributed by atoms with E-state index in [9.17, 15) is 9.90 Å². The number of hydrogen-bond acceptors (Lipinski definition) is 3. The van der Waals surface area contributed by atoms with Crippen LogP contribution in [0.3, 0.4) is 0 Å². The largest absolute Gasteiger partial charge is 0.478 e. The number of carboxylic acid groups (broad SMARTS) is 1. The van der Waals surface area contributed by atoms with Crippen LogP contribution in [0, 0.1) is 0 Å². The lowest BCUT2D eigenvalue weighted by Crippen LogP contribution is -1.95. The second-order valence-corrected chi connectivity index (χ2v) is 5.37. The first-order valence-electron chi connectivity index (χ1n) is 6.92. The Labute approximate surface area is 121 Å². The predicted octanol–water partition coefficient (Wildman–Crippen LogP) is 3.80. The third-order valence-electron chi connectivity index (χ3n) is 4.00. The fourth-order valence-corrected chi connectivity index (χ4v) is 2.83. The van der Waals surface area contributed by atoms with Crippen LogP contribution in [0.2, 0.25) is 0 Å². The number of carboxylic acids is 1. The average Bonchev–Trinajstić information content (AvgIpc) is 3.19. The molecular formula is C17H13NO3. The van der Waals surface area contributed by atoms with Gasteiger partial charge in [0, 0.05) is 5.92 Å². The molecule has 0 aliphatic heterocycles. The molecule has 4 heteroatoms. The Morgan fingerprint density at radius 3 is 2.67 bits per heavy atom. The van der Waals surface area contributed by atoms with Gasteiger partial charge in [-0.25, -0.2) is 9.78 Å². The van der Waals surface area contributed by atoms with E-state index in [1.165, 1.54) is 5.56 Å². The molecule has 1 saturated carbocycles. The molecule has 0 saturated heterocycles. The van der Waals surface area contributed by atoms with Gasteiger partial charge < -0.3 is 9.52 Å². The molecule has 0 amide bonds. The van der Waals surface area contributed by atoms with Gasteiger partial charge in [0.25, 0.3) is 0 Å². The number of rotatable bonds is 3. The highest BCUT2D eigenvalue weighted by atomic mass is 16.4. The molecule has 4 rings (SSSR count). The molecule has 1 aromatic heterocycles. The van der Waals surface area contributed by atoms with Crippen molar-refractivity contribution < 1.29 is 14.3 Å². The number of carbonyl (C=O) groups is 1. The molecule has 3 aromatic rings. The molecule has 0 spiro atoms. The zero-order valence-corrected chi connectivity index (χ0v) is 11.2. The SMILES string of the molecule is O=C(O)c1cccc2nc(C3CC3c3ccccc3)oc12. The van der Waals surface area contributed by atoms with Gasteiger partial charge in [0.1, 0.15) is 11.1 Å². The number of oxazole rings is 1. The number of aromatic carboxylic acids is 1. The van der Waals surface area contributed by atoms with E-state index in [4.69, 9.17) is 4.42 Å². The lowest BCUT2D eigenvalue weighted by atomic mass is 10.1. The van der Waals surface area contributed by atoms with Gasteiger partial charge in [-0.2, -0.15) is 0 Å². The first-order chi connectivity index (χ1) is 10.2. The van der Waals surface area contributed by atoms with Gasteiger partial charge in [-0.15, -0.1) is 0 Å². The Hall–Kier alpha value is -2.62. The summed E-state index contributed by atoms with van der Waals surface area (Å²) in [6.45, 7) is 0. The minimum absolute atomic E-state index is 0.170. The normalized spacial score (nSPS) is 20.6. The quantitative estimate of drug-likeness (QED) is 0.792. The molecule has 1 N–H and O–H groups in total. The highest BCUT2D eigenvalue weighted by molar-refractivity contribution is 5.99. The molecule has 1 heterocycles. The smallest absolute Gasteiger partial charge is 0.339 e. The summed E-state index contributed by atoms with van der Waals surface area (Å²) in [6.07, 6.45) is 0.999. The van der Waals surface area contributed by atoms with Crippen LogP contribution in [-0.2, 0) is 0 Å². The van der Waals surface area contributed by atoms with Crippen LogP contribution >= 0.6 is 0 Å². The number of aromatic nitrogens is 1. The summed E-state index contributed by atoms with van der Waals surface area (Å²) in [4.78, 5) is 15.7. The number of para-hydroxylation sites is 1. The lowest BCUT2D eigenvalue weighted by molar-refractivity contribution is 0.0698. The minimum atomic E-state index is -0.987. The van der Waals surface area contributed by atoms with E-state index >= 15 is 0 Å². The molecule has 0 bridgehead atoms. The van der Waals surface area contributed by atoms with E-state index in [2.05, 4.69) is 17.1 Å². The molecule has 21 heavy (non-hydrogen) atoms. The van der Waals surface area contributed by atoms with Crippen LogP contribution in [0.1, 0.15) is 40.1 Å². The Morgan fingerprint density at radius 1 is 1.10 bits per heavy atom. The van der Waals surface area contributed by atoms with Crippen LogP contribution < -0.4 is 0 Å². The molecule has 1 aliphatic rings. The van der Waals surface area contributed by atoms with E-state index < -0.39 is 5.97 Å². The minimum Gasteiger partial charge on any atom is -0.478 e. The third-order valence-corrected chi connectivity index (χ3v) is 4.00. The number of fused-ring (bicyclic) bond motifs is 1. The summed E-state index contributed by atoms with van der Waals surface area (Å²) in [5.74, 6) is 0.334. The first kappa shape index (κ1) is 12.1. The number of nitrogens with zero attached hydrogens (tertiary/aromatic N) is 1. The molecule has 1 aliphatic carbocycles. The zero-order valence-electron chi connectivity index (χ0n) is 11.2. The van der Waals surface area contributed by atoms with Crippen molar-refractivity contribution in [3.8, 4) is 0 Å². The third kappa shape index (κ3) is 2.00. The Kier molecular flexibility index (Phi) is 2.57. The van der Waals surface area contributed by atoms with E-state index in [1.807, 2.05) is 18.2 Å². The second kappa shape index (κ2) is 4.45. The lowest BCUT2D eigenvalue weighted by Gasteiger charge is -1.97. The Morgan fingerprint density at radius 2 is 1.90 bits per heavy atom. The molecular weight excluding hydrogens is 266 g/mol. The summed E-state index contributed by atoms with van der Waals surface area (Å²) >= 11 is 0. The fraction of sp³-hybridized carbons (Fsp3) is 0.176. The van der Waals surface area contributed by atoms with Crippen molar-refractivity contribution in [3.05, 3.63) is 65.5 Å². The molecule has 1 fully saturated rings. The number of hydrogen-bond donors (Lipinski definition) is 1. The molecule has 0 radical (unpaired) electrons. The van der Waals surface area contributed by atoms with E-state index in [0.717, 1.165) is 6.42 Å². The zero-order chi connectivity index (χ0) is 14.4. The van der Waals surface area contributed by atoms with Gasteiger partial charge in [-0.1, -0.05) is 36.4 Å². The van der Waals surface area contributed by atoms with Crippen LogP contribution in [-0.4, -0.2) is 16.1 Å². The molecule has 4 nitrogen and oxygen atoms in total. The van der Waals surface area contributed by atoms with Crippen LogP contribution in [0.5, 0.6) is 0 Å². The maximum Gasteiger partial charge on any atom is 0.339 e. The van der Waals surface area contributed by atoms with Crippen LogP contribution in [0.4, 0.5) is 0 Å². The van der Waals surface area contributed by atoms with Crippen molar-refractivity contribution in [2.75, 3.05) is 0 Å². The summed E-state index contributed by atoms with van der Waals surface area (Å²) in [5.41, 5.74) is 2.44. The summed E-state index contributed by atoms with van der Waals surface area (Å²) in [7, 11) is 0. The van der Waals surface area contributed by atoms with Crippen LogP contribution in [0.15, 0.2) is 52.9 Å². The highest BCUT2D eigenvalue weighted by Crippen LogP contribution is 2.54. The molecule has 2 atom stereocenters. The Balaban J connectivity index is 1.70. The molecule has 2 aromatic carbocycles. The topological polar surface area (TPSA) is 63.3 Å². The van der Waals surface area contributed by atoms with Crippen LogP contribution in [0.25, 0.3) is 11.1 Å². The van der Waals surface area contributed by atoms with Gasteiger partial charge in [-0.05, 0) is 30.0 Å². The average molecular weight is 279 g/mol. The van der Waals surface area contributed by atoms with Gasteiger partial charge >= 0.3 is 5.97 Å². The second-order valence-electron chi connectivity index (χ2n) is 5.37. The first-order valence-corrected chi connectivity index (χ1v) is 6.92. The van der Waals surface area contributed by atoms with Gasteiger partial charge in [-0.3, -0.25) is 0 Å².